The molecule has 4 nitrogen and oxygen atoms in total. The molecule has 5 heteroatoms. The summed E-state index contributed by atoms with van der Waals surface area (Å²) in [6.45, 7) is 1.69. The topological polar surface area (TPSA) is 72.2 Å². The summed E-state index contributed by atoms with van der Waals surface area (Å²) in [6, 6.07) is 5.12. The van der Waals surface area contributed by atoms with Crippen LogP contribution in [0.4, 0.5) is 0 Å². The molecule has 82 valence electrons. The third-order valence-electron chi connectivity index (χ3n) is 2.62. The number of hydrogen-bond donors (Lipinski definition) is 2. The van der Waals surface area contributed by atoms with Crippen molar-refractivity contribution in [1.29, 1.82) is 0 Å². The quantitative estimate of drug-likeness (QED) is 0.726. The van der Waals surface area contributed by atoms with Crippen LogP contribution in [-0.2, 0) is 23.0 Å². The monoisotopic (exact) mass is 226 g/mol. The zero-order valence-electron chi connectivity index (χ0n) is 8.36. The second-order valence-corrected chi connectivity index (χ2v) is 5.32. The molecular formula is C10H14N2O2S. The first kappa shape index (κ1) is 10.6. The lowest BCUT2D eigenvalue weighted by atomic mass is 10.0. The van der Waals surface area contributed by atoms with Gasteiger partial charge in [-0.15, -0.1) is 0 Å². The Balaban J connectivity index is 2.45. The molecule has 0 fully saturated rings. The zero-order chi connectivity index (χ0) is 10.9. The van der Waals surface area contributed by atoms with E-state index in [2.05, 4.69) is 5.32 Å². The summed E-state index contributed by atoms with van der Waals surface area (Å²) < 4.78 is 22.3. The van der Waals surface area contributed by atoms with Crippen LogP contribution < -0.4 is 10.5 Å². The molecule has 1 aromatic rings. The van der Waals surface area contributed by atoms with E-state index in [1.165, 1.54) is 5.56 Å². The molecule has 2 rings (SSSR count). The van der Waals surface area contributed by atoms with Gasteiger partial charge in [0.25, 0.3) is 0 Å². The first-order valence-electron chi connectivity index (χ1n) is 4.93. The fourth-order valence-corrected chi connectivity index (χ4v) is 2.38. The molecule has 1 aromatic carbocycles. The van der Waals surface area contributed by atoms with E-state index in [9.17, 15) is 8.42 Å². The predicted octanol–water partition coefficient (Wildman–Crippen LogP) is 0.370. The normalized spacial score (nSPS) is 16.9. The zero-order valence-corrected chi connectivity index (χ0v) is 9.18. The van der Waals surface area contributed by atoms with Crippen molar-refractivity contribution in [3.8, 4) is 0 Å². The molecule has 0 bridgehead atoms. The highest BCUT2D eigenvalue weighted by Crippen LogP contribution is 2.18. The van der Waals surface area contributed by atoms with Crippen LogP contribution in [0.25, 0.3) is 0 Å². The van der Waals surface area contributed by atoms with Gasteiger partial charge in [0.2, 0.25) is 10.0 Å². The minimum atomic E-state index is -3.58. The molecule has 0 saturated heterocycles. The summed E-state index contributed by atoms with van der Waals surface area (Å²) in [6.07, 6.45) is 2.08. The van der Waals surface area contributed by atoms with Gasteiger partial charge in [-0.05, 0) is 42.6 Å². The number of nitrogens with one attached hydrogen (secondary N) is 1. The SMILES string of the molecule is NS(=O)(=O)c1ccc2c(c1)CNCCC2. The lowest BCUT2D eigenvalue weighted by molar-refractivity contribution is 0.597. The third kappa shape index (κ3) is 2.37. The molecule has 0 atom stereocenters. The Bertz CT molecular complexity index is 468. The Kier molecular flexibility index (Phi) is 2.77. The summed E-state index contributed by atoms with van der Waals surface area (Å²) in [7, 11) is -3.58. The predicted molar refractivity (Wildman–Crippen MR) is 57.8 cm³/mol. The second kappa shape index (κ2) is 3.92. The van der Waals surface area contributed by atoms with E-state index in [1.807, 2.05) is 6.07 Å². The first-order chi connectivity index (χ1) is 7.07. The van der Waals surface area contributed by atoms with Crippen molar-refractivity contribution in [3.05, 3.63) is 29.3 Å². The molecule has 0 unspecified atom stereocenters. The van der Waals surface area contributed by atoms with Gasteiger partial charge in [-0.25, -0.2) is 13.6 Å². The van der Waals surface area contributed by atoms with E-state index in [-0.39, 0.29) is 4.90 Å². The van der Waals surface area contributed by atoms with Crippen molar-refractivity contribution in [2.45, 2.75) is 24.3 Å². The first-order valence-corrected chi connectivity index (χ1v) is 6.47. The number of primary sulfonamides is 1. The molecule has 0 aliphatic carbocycles. The molecule has 0 spiro atoms. The number of aryl methyl sites for hydroxylation is 1. The number of sulfonamides is 1. The maximum Gasteiger partial charge on any atom is 0.238 e. The van der Waals surface area contributed by atoms with E-state index in [4.69, 9.17) is 5.14 Å². The van der Waals surface area contributed by atoms with Crippen LogP contribution in [0.5, 0.6) is 0 Å². The molecule has 0 radical (unpaired) electrons. The van der Waals surface area contributed by atoms with Crippen molar-refractivity contribution in [2.75, 3.05) is 6.54 Å². The van der Waals surface area contributed by atoms with Crippen LogP contribution in [0.3, 0.4) is 0 Å². The van der Waals surface area contributed by atoms with Gasteiger partial charge >= 0.3 is 0 Å². The highest BCUT2D eigenvalue weighted by molar-refractivity contribution is 7.89. The van der Waals surface area contributed by atoms with Crippen LogP contribution in [0, 0.1) is 0 Å². The number of benzene rings is 1. The fraction of sp³-hybridized carbons (Fsp3) is 0.400. The summed E-state index contributed by atoms with van der Waals surface area (Å²) >= 11 is 0. The lowest BCUT2D eigenvalue weighted by Gasteiger charge is -2.07. The van der Waals surface area contributed by atoms with Crippen LogP contribution in [0.15, 0.2) is 23.1 Å². The third-order valence-corrected chi connectivity index (χ3v) is 3.53. The van der Waals surface area contributed by atoms with Crippen molar-refractivity contribution in [1.82, 2.24) is 5.32 Å². The molecule has 0 saturated carbocycles. The highest BCUT2D eigenvalue weighted by atomic mass is 32.2. The average Bonchev–Trinajstić information content (AvgIpc) is 2.39. The van der Waals surface area contributed by atoms with E-state index in [0.29, 0.717) is 0 Å². The van der Waals surface area contributed by atoms with Gasteiger partial charge in [-0.1, -0.05) is 6.07 Å². The number of rotatable bonds is 1. The summed E-state index contributed by atoms with van der Waals surface area (Å²) in [4.78, 5) is 0.199. The molecular weight excluding hydrogens is 212 g/mol. The molecule has 15 heavy (non-hydrogen) atoms. The van der Waals surface area contributed by atoms with Crippen molar-refractivity contribution in [2.24, 2.45) is 5.14 Å². The van der Waals surface area contributed by atoms with Gasteiger partial charge in [0.15, 0.2) is 0 Å². The largest absolute Gasteiger partial charge is 0.313 e. The molecule has 1 aliphatic heterocycles. The minimum absolute atomic E-state index is 0.199. The number of nitrogens with two attached hydrogens (primary N) is 1. The van der Waals surface area contributed by atoms with Gasteiger partial charge in [0.1, 0.15) is 0 Å². The van der Waals surface area contributed by atoms with E-state index in [1.54, 1.807) is 12.1 Å². The Morgan fingerprint density at radius 1 is 1.27 bits per heavy atom. The van der Waals surface area contributed by atoms with Gasteiger partial charge in [0, 0.05) is 6.54 Å². The summed E-state index contributed by atoms with van der Waals surface area (Å²) in [5.74, 6) is 0. The Labute approximate surface area is 89.5 Å². The molecule has 0 aromatic heterocycles. The molecule has 1 heterocycles. The van der Waals surface area contributed by atoms with Crippen molar-refractivity contribution < 1.29 is 8.42 Å². The van der Waals surface area contributed by atoms with Crippen LogP contribution in [-0.4, -0.2) is 15.0 Å². The van der Waals surface area contributed by atoms with E-state index in [0.717, 1.165) is 31.5 Å². The Morgan fingerprint density at radius 3 is 2.80 bits per heavy atom. The minimum Gasteiger partial charge on any atom is -0.313 e. The molecule has 1 aliphatic rings. The van der Waals surface area contributed by atoms with Gasteiger partial charge in [-0.2, -0.15) is 0 Å². The van der Waals surface area contributed by atoms with Crippen LogP contribution in [0.2, 0.25) is 0 Å². The lowest BCUT2D eigenvalue weighted by Crippen LogP contribution is -2.14. The van der Waals surface area contributed by atoms with Gasteiger partial charge in [0.05, 0.1) is 4.90 Å². The molecule has 3 N–H and O–H groups in total. The summed E-state index contributed by atoms with van der Waals surface area (Å²) in [5.41, 5.74) is 2.26. The molecule has 0 amide bonds. The maximum atomic E-state index is 11.2. The van der Waals surface area contributed by atoms with Crippen molar-refractivity contribution in [3.63, 3.8) is 0 Å². The standard InChI is InChI=1S/C10H14N2O2S/c11-15(13,14)10-4-3-8-2-1-5-12-7-9(8)6-10/h3-4,6,12H,1-2,5,7H2,(H2,11,13,14). The van der Waals surface area contributed by atoms with E-state index >= 15 is 0 Å². The summed E-state index contributed by atoms with van der Waals surface area (Å²) in [5, 5.41) is 8.33. The fourth-order valence-electron chi connectivity index (χ4n) is 1.81. The number of hydrogen-bond acceptors (Lipinski definition) is 3. The average molecular weight is 226 g/mol. The number of fused-ring (bicyclic) bond motifs is 1. The van der Waals surface area contributed by atoms with Crippen LogP contribution in [0.1, 0.15) is 17.5 Å². The van der Waals surface area contributed by atoms with Gasteiger partial charge in [-0.3, -0.25) is 0 Å². The van der Waals surface area contributed by atoms with Crippen molar-refractivity contribution >= 4 is 10.0 Å². The van der Waals surface area contributed by atoms with Gasteiger partial charge < -0.3 is 5.32 Å². The smallest absolute Gasteiger partial charge is 0.238 e. The Hall–Kier alpha value is -0.910. The Morgan fingerprint density at radius 2 is 2.07 bits per heavy atom. The highest BCUT2D eigenvalue weighted by Gasteiger charge is 2.12. The maximum absolute atomic E-state index is 11.2. The van der Waals surface area contributed by atoms with Crippen LogP contribution >= 0.6 is 0 Å². The van der Waals surface area contributed by atoms with E-state index < -0.39 is 10.0 Å². The second-order valence-electron chi connectivity index (χ2n) is 3.76.